The van der Waals surface area contributed by atoms with Crippen LogP contribution in [0.1, 0.15) is 4.88 Å². The maximum absolute atomic E-state index is 12.5. The van der Waals surface area contributed by atoms with Crippen LogP contribution >= 0.6 is 38.6 Å². The van der Waals surface area contributed by atoms with Crippen LogP contribution in [0.15, 0.2) is 37.6 Å². The molecule has 1 fully saturated rings. The zero-order valence-corrected chi connectivity index (χ0v) is 18.3. The van der Waals surface area contributed by atoms with Gasteiger partial charge in [0.05, 0.1) is 10.3 Å². The molecule has 0 aliphatic carbocycles. The molecule has 0 saturated carbocycles. The third-order valence-electron chi connectivity index (χ3n) is 4.25. The van der Waals surface area contributed by atoms with E-state index in [1.807, 2.05) is 6.07 Å². The highest BCUT2D eigenvalue weighted by Crippen LogP contribution is 2.24. The van der Waals surface area contributed by atoms with Crippen LogP contribution in [0.5, 0.6) is 0 Å². The first-order valence-electron chi connectivity index (χ1n) is 8.10. The molecule has 0 N–H and O–H groups in total. The molecule has 1 amide bonds. The van der Waals surface area contributed by atoms with Crippen LogP contribution < -0.4 is 0 Å². The maximum Gasteiger partial charge on any atom is 0.252 e. The summed E-state index contributed by atoms with van der Waals surface area (Å²) in [6.07, 6.45) is 0. The Kier molecular flexibility index (Phi) is 6.52. The first-order chi connectivity index (χ1) is 12.4. The summed E-state index contributed by atoms with van der Waals surface area (Å²) in [5.41, 5.74) is 0. The number of carbonyl (C=O) groups excluding carboxylic acids is 1. The molecule has 2 aromatic rings. The van der Waals surface area contributed by atoms with Crippen LogP contribution in [0.3, 0.4) is 0 Å². The molecule has 2 aromatic heterocycles. The lowest BCUT2D eigenvalue weighted by atomic mass is 10.3. The Morgan fingerprint density at radius 1 is 1.23 bits per heavy atom. The Hall–Kier alpha value is -0.780. The monoisotopic (exact) mass is 477 g/mol. The largest absolute Gasteiger partial charge is 0.339 e. The summed E-state index contributed by atoms with van der Waals surface area (Å²) >= 11 is 6.35. The third-order valence-corrected chi connectivity index (χ3v) is 9.04. The van der Waals surface area contributed by atoms with E-state index in [0.29, 0.717) is 13.1 Å². The molecular weight excluding hydrogens is 458 g/mol. The van der Waals surface area contributed by atoms with E-state index in [2.05, 4.69) is 26.9 Å². The SMILES string of the molecule is CN(CC(=O)N1CCN(Cc2ccc(Br)s2)CC1)S(=O)(=O)c1cccs1. The minimum atomic E-state index is -3.59. The first-order valence-corrected chi connectivity index (χ1v) is 12.0. The summed E-state index contributed by atoms with van der Waals surface area (Å²) in [6.45, 7) is 3.59. The van der Waals surface area contributed by atoms with Gasteiger partial charge in [0.25, 0.3) is 10.0 Å². The normalized spacial score (nSPS) is 16.3. The summed E-state index contributed by atoms with van der Waals surface area (Å²) in [4.78, 5) is 17.8. The number of sulfonamides is 1. The number of rotatable bonds is 6. The molecule has 0 bridgehead atoms. The minimum Gasteiger partial charge on any atom is -0.339 e. The summed E-state index contributed by atoms with van der Waals surface area (Å²) in [5, 5.41) is 1.72. The number of halogens is 1. The lowest BCUT2D eigenvalue weighted by molar-refractivity contribution is -0.133. The molecule has 142 valence electrons. The maximum atomic E-state index is 12.5. The predicted octanol–water partition coefficient (Wildman–Crippen LogP) is 2.54. The Balaban J connectivity index is 1.50. The quantitative estimate of drug-likeness (QED) is 0.641. The Bertz CT molecular complexity index is 843. The Morgan fingerprint density at radius 3 is 2.54 bits per heavy atom. The molecule has 1 aliphatic rings. The van der Waals surface area contributed by atoms with E-state index < -0.39 is 10.0 Å². The standard InChI is InChI=1S/C16H20BrN3O3S3/c1-18(26(22,23)16-3-2-10-24-16)12-15(21)20-8-6-19(7-9-20)11-13-4-5-14(17)25-13/h2-5,10H,6-9,11-12H2,1H3. The molecule has 10 heteroatoms. The third kappa shape index (κ3) is 4.73. The predicted molar refractivity (Wildman–Crippen MR) is 108 cm³/mol. The fourth-order valence-electron chi connectivity index (χ4n) is 2.75. The van der Waals surface area contributed by atoms with Crippen LogP contribution in [0.25, 0.3) is 0 Å². The number of nitrogens with zero attached hydrogens (tertiary/aromatic N) is 3. The van der Waals surface area contributed by atoms with Gasteiger partial charge in [-0.3, -0.25) is 9.69 Å². The molecule has 26 heavy (non-hydrogen) atoms. The lowest BCUT2D eigenvalue weighted by Crippen LogP contribution is -2.50. The second kappa shape index (κ2) is 8.49. The number of carbonyl (C=O) groups is 1. The van der Waals surface area contributed by atoms with Crippen molar-refractivity contribution in [3.63, 3.8) is 0 Å². The molecular formula is C16H20BrN3O3S3. The molecule has 0 aromatic carbocycles. The van der Waals surface area contributed by atoms with Crippen molar-refractivity contribution in [2.75, 3.05) is 39.8 Å². The van der Waals surface area contributed by atoms with Gasteiger partial charge in [-0.15, -0.1) is 22.7 Å². The highest BCUT2D eigenvalue weighted by atomic mass is 79.9. The Labute approximate surface area is 170 Å². The van der Waals surface area contributed by atoms with Crippen molar-refractivity contribution in [2.24, 2.45) is 0 Å². The van der Waals surface area contributed by atoms with Crippen molar-refractivity contribution in [3.8, 4) is 0 Å². The zero-order chi connectivity index (χ0) is 18.7. The van der Waals surface area contributed by atoms with Gasteiger partial charge in [0.1, 0.15) is 4.21 Å². The highest BCUT2D eigenvalue weighted by Gasteiger charge is 2.27. The average Bonchev–Trinajstić information content (AvgIpc) is 3.27. The topological polar surface area (TPSA) is 60.9 Å². The van der Waals surface area contributed by atoms with Crippen LogP contribution in [-0.4, -0.2) is 68.2 Å². The van der Waals surface area contributed by atoms with Crippen molar-refractivity contribution in [2.45, 2.75) is 10.8 Å². The van der Waals surface area contributed by atoms with Gasteiger partial charge in [-0.2, -0.15) is 4.31 Å². The van der Waals surface area contributed by atoms with Gasteiger partial charge in [-0.25, -0.2) is 8.42 Å². The number of likely N-dealkylation sites (N-methyl/N-ethyl adjacent to an activating group) is 1. The number of hydrogen-bond acceptors (Lipinski definition) is 6. The second-order valence-corrected chi connectivity index (χ2v) is 11.8. The van der Waals surface area contributed by atoms with Gasteiger partial charge in [-0.05, 0) is 39.5 Å². The average molecular weight is 478 g/mol. The van der Waals surface area contributed by atoms with E-state index in [1.54, 1.807) is 33.7 Å². The van der Waals surface area contributed by atoms with Gasteiger partial charge in [0.2, 0.25) is 5.91 Å². The van der Waals surface area contributed by atoms with Crippen LogP contribution in [-0.2, 0) is 21.4 Å². The highest BCUT2D eigenvalue weighted by molar-refractivity contribution is 9.11. The van der Waals surface area contributed by atoms with Gasteiger partial charge in [0.15, 0.2) is 0 Å². The first kappa shape index (κ1) is 20.0. The van der Waals surface area contributed by atoms with Crippen molar-refractivity contribution >= 4 is 54.5 Å². The van der Waals surface area contributed by atoms with Crippen molar-refractivity contribution in [1.29, 1.82) is 0 Å². The minimum absolute atomic E-state index is 0.127. The van der Waals surface area contributed by atoms with E-state index in [0.717, 1.165) is 39.1 Å². The van der Waals surface area contributed by atoms with Crippen molar-refractivity contribution < 1.29 is 13.2 Å². The van der Waals surface area contributed by atoms with E-state index in [9.17, 15) is 13.2 Å². The molecule has 1 saturated heterocycles. The summed E-state index contributed by atoms with van der Waals surface area (Å²) in [6, 6.07) is 7.40. The fourth-order valence-corrected chi connectivity index (χ4v) is 6.60. The molecule has 6 nitrogen and oxygen atoms in total. The number of amides is 1. The number of hydrogen-bond donors (Lipinski definition) is 0. The van der Waals surface area contributed by atoms with Gasteiger partial charge >= 0.3 is 0 Å². The van der Waals surface area contributed by atoms with Crippen LogP contribution in [0.4, 0.5) is 0 Å². The van der Waals surface area contributed by atoms with E-state index in [1.165, 1.54) is 11.9 Å². The molecule has 0 radical (unpaired) electrons. The van der Waals surface area contributed by atoms with Crippen LogP contribution in [0, 0.1) is 0 Å². The van der Waals surface area contributed by atoms with E-state index in [-0.39, 0.29) is 16.7 Å². The molecule has 3 rings (SSSR count). The smallest absolute Gasteiger partial charge is 0.252 e. The fraction of sp³-hybridized carbons (Fsp3) is 0.438. The molecule has 0 spiro atoms. The molecule has 0 atom stereocenters. The van der Waals surface area contributed by atoms with Crippen molar-refractivity contribution in [3.05, 3.63) is 38.3 Å². The molecule has 0 unspecified atom stereocenters. The second-order valence-electron chi connectivity index (χ2n) is 6.06. The summed E-state index contributed by atoms with van der Waals surface area (Å²) in [7, 11) is -2.13. The summed E-state index contributed by atoms with van der Waals surface area (Å²) in [5.74, 6) is -0.147. The number of thiophene rings is 2. The number of piperazine rings is 1. The van der Waals surface area contributed by atoms with E-state index in [4.69, 9.17) is 0 Å². The van der Waals surface area contributed by atoms with Crippen LogP contribution in [0.2, 0.25) is 0 Å². The summed E-state index contributed by atoms with van der Waals surface area (Å²) < 4.78 is 27.4. The molecule has 3 heterocycles. The van der Waals surface area contributed by atoms with Gasteiger partial charge in [-0.1, -0.05) is 6.07 Å². The molecule has 1 aliphatic heterocycles. The Morgan fingerprint density at radius 2 is 1.96 bits per heavy atom. The van der Waals surface area contributed by atoms with Gasteiger partial charge < -0.3 is 4.90 Å². The lowest BCUT2D eigenvalue weighted by Gasteiger charge is -2.35. The van der Waals surface area contributed by atoms with Gasteiger partial charge in [0, 0.05) is 44.6 Å². The van der Waals surface area contributed by atoms with E-state index >= 15 is 0 Å². The van der Waals surface area contributed by atoms with Crippen molar-refractivity contribution in [1.82, 2.24) is 14.1 Å². The zero-order valence-electron chi connectivity index (χ0n) is 14.3.